The number of amides is 1. The van der Waals surface area contributed by atoms with Crippen LogP contribution in [0.5, 0.6) is 0 Å². The van der Waals surface area contributed by atoms with Gasteiger partial charge in [0.25, 0.3) is 11.8 Å². The lowest BCUT2D eigenvalue weighted by atomic mass is 9.83. The second-order valence-electron chi connectivity index (χ2n) is 7.48. The molecule has 162 valence electrons. The van der Waals surface area contributed by atoms with Gasteiger partial charge in [-0.2, -0.15) is 8.78 Å². The van der Waals surface area contributed by atoms with Crippen LogP contribution in [0.1, 0.15) is 47.8 Å². The molecule has 0 aliphatic carbocycles. The summed E-state index contributed by atoms with van der Waals surface area (Å²) in [6.45, 7) is 3.69. The Labute approximate surface area is 185 Å². The fraction of sp³-hybridized carbons (Fsp3) is 0.286. The Morgan fingerprint density at radius 2 is 2.00 bits per heavy atom. The van der Waals surface area contributed by atoms with Crippen molar-refractivity contribution in [2.75, 3.05) is 7.05 Å². The maximum atomic E-state index is 13.1. The second-order valence-corrected chi connectivity index (χ2v) is 8.39. The minimum absolute atomic E-state index is 0.0614. The van der Waals surface area contributed by atoms with Crippen molar-refractivity contribution in [3.05, 3.63) is 63.7 Å². The van der Waals surface area contributed by atoms with E-state index in [1.165, 1.54) is 11.1 Å². The average Bonchev–Trinajstić information content (AvgIpc) is 3.24. The number of carbonyl (C=O) groups is 2. The number of carbonyl (C=O) groups excluding carboxylic acids is 2. The highest BCUT2D eigenvalue weighted by Crippen LogP contribution is 2.28. The molecule has 1 aromatic carbocycles. The van der Waals surface area contributed by atoms with Crippen molar-refractivity contribution in [3.8, 4) is 11.5 Å². The van der Waals surface area contributed by atoms with Crippen LogP contribution in [-0.2, 0) is 16.8 Å². The Kier molecular flexibility index (Phi) is 6.59. The van der Waals surface area contributed by atoms with Gasteiger partial charge < -0.3 is 14.1 Å². The number of benzene rings is 1. The Bertz CT molecular complexity index is 1100. The van der Waals surface area contributed by atoms with Crippen LogP contribution in [0.4, 0.5) is 8.78 Å². The summed E-state index contributed by atoms with van der Waals surface area (Å²) >= 11 is 3.37. The quantitative estimate of drug-likeness (QED) is 0.448. The number of nitrogens with zero attached hydrogens (tertiary/aromatic N) is 4. The predicted octanol–water partition coefficient (Wildman–Crippen LogP) is 4.58. The van der Waals surface area contributed by atoms with E-state index in [0.29, 0.717) is 22.4 Å². The molecular formula is C21H19BrF2N4O3. The van der Waals surface area contributed by atoms with Crippen LogP contribution in [0.25, 0.3) is 11.5 Å². The van der Waals surface area contributed by atoms with Gasteiger partial charge in [-0.25, -0.2) is 0 Å². The number of pyridine rings is 1. The predicted molar refractivity (Wildman–Crippen MR) is 112 cm³/mol. The van der Waals surface area contributed by atoms with Gasteiger partial charge in [0.1, 0.15) is 6.29 Å². The van der Waals surface area contributed by atoms with Gasteiger partial charge in [0.2, 0.25) is 5.89 Å². The SMILES string of the molecule is CN(Cc1ccc(-c2nnc(C(F)F)o2)cn1)C(=O)c1cc(Br)ccc1C(C)(C)C=O. The van der Waals surface area contributed by atoms with Gasteiger partial charge in [-0.15, -0.1) is 10.2 Å². The Morgan fingerprint density at radius 1 is 1.26 bits per heavy atom. The van der Waals surface area contributed by atoms with Crippen molar-refractivity contribution in [1.82, 2.24) is 20.1 Å². The first-order valence-electron chi connectivity index (χ1n) is 9.21. The van der Waals surface area contributed by atoms with Crippen LogP contribution in [0, 0.1) is 0 Å². The van der Waals surface area contributed by atoms with Crippen LogP contribution < -0.4 is 0 Å². The first-order chi connectivity index (χ1) is 14.6. The summed E-state index contributed by atoms with van der Waals surface area (Å²) in [5.41, 5.74) is 1.17. The number of alkyl halides is 2. The average molecular weight is 493 g/mol. The molecule has 31 heavy (non-hydrogen) atoms. The summed E-state index contributed by atoms with van der Waals surface area (Å²) in [5, 5.41) is 6.87. The molecule has 3 rings (SSSR count). The molecule has 0 unspecified atom stereocenters. The monoisotopic (exact) mass is 492 g/mol. The largest absolute Gasteiger partial charge is 0.415 e. The van der Waals surface area contributed by atoms with E-state index >= 15 is 0 Å². The van der Waals surface area contributed by atoms with E-state index in [0.717, 1.165) is 10.8 Å². The minimum atomic E-state index is -2.85. The highest BCUT2D eigenvalue weighted by atomic mass is 79.9. The molecular weight excluding hydrogens is 474 g/mol. The summed E-state index contributed by atoms with van der Waals surface area (Å²) in [6.07, 6.45) is -0.624. The molecule has 1 amide bonds. The molecule has 0 atom stereocenters. The van der Waals surface area contributed by atoms with Crippen molar-refractivity contribution in [3.63, 3.8) is 0 Å². The van der Waals surface area contributed by atoms with Gasteiger partial charge in [0.05, 0.1) is 17.8 Å². The highest BCUT2D eigenvalue weighted by Gasteiger charge is 2.27. The molecule has 0 bridgehead atoms. The van der Waals surface area contributed by atoms with Gasteiger partial charge in [0, 0.05) is 28.7 Å². The number of hydrogen-bond donors (Lipinski definition) is 0. The summed E-state index contributed by atoms with van der Waals surface area (Å²) in [5.74, 6) is -1.09. The van der Waals surface area contributed by atoms with Crippen molar-refractivity contribution < 1.29 is 22.8 Å². The maximum Gasteiger partial charge on any atom is 0.314 e. The van der Waals surface area contributed by atoms with E-state index in [2.05, 4.69) is 31.1 Å². The van der Waals surface area contributed by atoms with Gasteiger partial charge in [-0.05, 0) is 43.7 Å². The van der Waals surface area contributed by atoms with E-state index in [9.17, 15) is 18.4 Å². The summed E-state index contributed by atoms with van der Waals surface area (Å²) in [4.78, 5) is 30.4. The van der Waals surface area contributed by atoms with E-state index in [-0.39, 0.29) is 18.3 Å². The third kappa shape index (κ3) is 5.01. The summed E-state index contributed by atoms with van der Waals surface area (Å²) in [7, 11) is 1.63. The third-order valence-electron chi connectivity index (χ3n) is 4.65. The van der Waals surface area contributed by atoms with Gasteiger partial charge in [-0.3, -0.25) is 9.78 Å². The van der Waals surface area contributed by atoms with Gasteiger partial charge in [-0.1, -0.05) is 22.0 Å². The molecule has 0 aliphatic rings. The topological polar surface area (TPSA) is 89.2 Å². The lowest BCUT2D eigenvalue weighted by Gasteiger charge is -2.24. The van der Waals surface area contributed by atoms with Gasteiger partial charge in [0.15, 0.2) is 0 Å². The molecule has 7 nitrogen and oxygen atoms in total. The van der Waals surface area contributed by atoms with E-state index in [1.54, 1.807) is 51.2 Å². The molecule has 0 radical (unpaired) electrons. The fourth-order valence-corrected chi connectivity index (χ4v) is 3.28. The minimum Gasteiger partial charge on any atom is -0.415 e. The Balaban J connectivity index is 1.79. The highest BCUT2D eigenvalue weighted by molar-refractivity contribution is 9.10. The van der Waals surface area contributed by atoms with Gasteiger partial charge >= 0.3 is 6.43 Å². The van der Waals surface area contributed by atoms with Crippen LogP contribution in [-0.4, -0.2) is 39.3 Å². The molecule has 0 aliphatic heterocycles. The number of hydrogen-bond acceptors (Lipinski definition) is 6. The molecule has 0 saturated heterocycles. The van der Waals surface area contributed by atoms with Crippen molar-refractivity contribution >= 4 is 28.1 Å². The number of aromatic nitrogens is 3. The lowest BCUT2D eigenvalue weighted by molar-refractivity contribution is -0.111. The lowest BCUT2D eigenvalue weighted by Crippen LogP contribution is -2.30. The zero-order valence-corrected chi connectivity index (χ0v) is 18.6. The molecule has 10 heteroatoms. The molecule has 0 fully saturated rings. The van der Waals surface area contributed by atoms with Crippen molar-refractivity contribution in [1.29, 1.82) is 0 Å². The number of rotatable bonds is 7. The van der Waals surface area contributed by atoms with E-state index in [1.807, 2.05) is 0 Å². The molecule has 2 aromatic heterocycles. The summed E-state index contributed by atoms with van der Waals surface area (Å²) in [6, 6.07) is 8.47. The van der Waals surface area contributed by atoms with E-state index in [4.69, 9.17) is 4.42 Å². The van der Waals surface area contributed by atoms with Crippen LogP contribution in [0.15, 0.2) is 45.4 Å². The van der Waals surface area contributed by atoms with E-state index < -0.39 is 17.7 Å². The number of halogens is 3. The zero-order chi connectivity index (χ0) is 22.8. The van der Waals surface area contributed by atoms with Crippen molar-refractivity contribution in [2.24, 2.45) is 0 Å². The fourth-order valence-electron chi connectivity index (χ4n) is 2.92. The van der Waals surface area contributed by atoms with Crippen LogP contribution >= 0.6 is 15.9 Å². The molecule has 0 saturated carbocycles. The Morgan fingerprint density at radius 3 is 2.58 bits per heavy atom. The molecule has 0 N–H and O–H groups in total. The summed E-state index contributed by atoms with van der Waals surface area (Å²) < 4.78 is 30.8. The number of aldehydes is 1. The molecule has 0 spiro atoms. The normalized spacial score (nSPS) is 11.6. The Hall–Kier alpha value is -3.01. The van der Waals surface area contributed by atoms with Crippen molar-refractivity contribution in [2.45, 2.75) is 32.2 Å². The van der Waals surface area contributed by atoms with Crippen LogP contribution in [0.3, 0.4) is 0 Å². The molecule has 2 heterocycles. The first-order valence-corrected chi connectivity index (χ1v) is 10.0. The zero-order valence-electron chi connectivity index (χ0n) is 17.0. The first kappa shape index (κ1) is 22.7. The smallest absolute Gasteiger partial charge is 0.314 e. The molecule has 3 aromatic rings. The van der Waals surface area contributed by atoms with Crippen LogP contribution in [0.2, 0.25) is 0 Å². The third-order valence-corrected chi connectivity index (χ3v) is 5.14. The second kappa shape index (κ2) is 9.01. The standard InChI is InChI=1S/C21H19BrF2N4O3/c1-21(2,11-29)16-7-5-13(22)8-15(16)20(30)28(3)10-14-6-4-12(9-25-14)18-26-27-19(31-18)17(23)24/h4-9,11,17H,10H2,1-3H3. The maximum absolute atomic E-state index is 13.1.